The van der Waals surface area contributed by atoms with E-state index in [0.717, 1.165) is 0 Å². The highest BCUT2D eigenvalue weighted by Gasteiger charge is 2.31. The molecular formula is C13H23NO4. The molecule has 104 valence electrons. The average Bonchev–Trinajstić information content (AvgIpc) is 2.27. The summed E-state index contributed by atoms with van der Waals surface area (Å²) >= 11 is 0. The first-order valence-electron chi connectivity index (χ1n) is 6.42. The van der Waals surface area contributed by atoms with E-state index in [4.69, 9.17) is 9.47 Å². The van der Waals surface area contributed by atoms with Gasteiger partial charge in [0.15, 0.2) is 0 Å². The Labute approximate surface area is 108 Å². The van der Waals surface area contributed by atoms with Gasteiger partial charge in [-0.1, -0.05) is 6.92 Å². The third-order valence-electron chi connectivity index (χ3n) is 2.71. The zero-order valence-electron chi connectivity index (χ0n) is 11.7. The van der Waals surface area contributed by atoms with Gasteiger partial charge in [0.2, 0.25) is 0 Å². The Morgan fingerprint density at radius 3 is 2.61 bits per heavy atom. The van der Waals surface area contributed by atoms with Crippen LogP contribution < -0.4 is 0 Å². The summed E-state index contributed by atoms with van der Waals surface area (Å²) in [7, 11) is 0. The normalized spacial score (nSPS) is 20.7. The molecule has 1 saturated heterocycles. The molecule has 0 aromatic heterocycles. The van der Waals surface area contributed by atoms with Crippen molar-refractivity contribution in [2.75, 3.05) is 19.8 Å². The van der Waals surface area contributed by atoms with Crippen LogP contribution in [-0.4, -0.2) is 48.2 Å². The first-order valence-corrected chi connectivity index (χ1v) is 6.42. The van der Waals surface area contributed by atoms with E-state index >= 15 is 0 Å². The number of rotatable bonds is 3. The second-order valence-electron chi connectivity index (χ2n) is 5.50. The van der Waals surface area contributed by atoms with Crippen LogP contribution in [0.2, 0.25) is 0 Å². The highest BCUT2D eigenvalue weighted by molar-refractivity contribution is 5.79. The molecule has 5 heteroatoms. The third-order valence-corrected chi connectivity index (χ3v) is 2.71. The number of carbonyl (C=O) groups is 2. The van der Waals surface area contributed by atoms with E-state index in [1.165, 1.54) is 0 Å². The van der Waals surface area contributed by atoms with Gasteiger partial charge in [-0.2, -0.15) is 0 Å². The second-order valence-corrected chi connectivity index (χ2v) is 5.50. The van der Waals surface area contributed by atoms with Crippen molar-refractivity contribution in [2.24, 2.45) is 0 Å². The lowest BCUT2D eigenvalue weighted by atomic mass is 10.1. The van der Waals surface area contributed by atoms with E-state index in [-0.39, 0.29) is 17.9 Å². The Bertz CT molecular complexity index is 309. The van der Waals surface area contributed by atoms with E-state index in [9.17, 15) is 9.59 Å². The zero-order valence-corrected chi connectivity index (χ0v) is 11.7. The number of Topliss-reactive ketones (excluding diaryl/α,β-unsaturated/α-hetero) is 1. The van der Waals surface area contributed by atoms with Crippen LogP contribution in [0.1, 0.15) is 40.5 Å². The first kappa shape index (κ1) is 15.0. The van der Waals surface area contributed by atoms with Gasteiger partial charge in [0, 0.05) is 19.4 Å². The van der Waals surface area contributed by atoms with Crippen LogP contribution in [0.25, 0.3) is 0 Å². The van der Waals surface area contributed by atoms with Crippen molar-refractivity contribution < 1.29 is 19.1 Å². The number of hydrogen-bond acceptors (Lipinski definition) is 4. The highest BCUT2D eigenvalue weighted by atomic mass is 16.6. The van der Waals surface area contributed by atoms with Crippen molar-refractivity contribution in [3.8, 4) is 0 Å². The Balaban J connectivity index is 2.64. The highest BCUT2D eigenvalue weighted by Crippen LogP contribution is 2.17. The summed E-state index contributed by atoms with van der Waals surface area (Å²) in [5.74, 6) is 0.138. The lowest BCUT2D eigenvalue weighted by Gasteiger charge is -2.36. The Morgan fingerprint density at radius 2 is 2.06 bits per heavy atom. The van der Waals surface area contributed by atoms with Gasteiger partial charge in [-0.15, -0.1) is 0 Å². The maximum atomic E-state index is 12.0. The Kier molecular flexibility index (Phi) is 5.14. The average molecular weight is 257 g/mol. The number of hydrogen-bond donors (Lipinski definition) is 0. The summed E-state index contributed by atoms with van der Waals surface area (Å²) in [6, 6.07) is -0.193. The van der Waals surface area contributed by atoms with E-state index < -0.39 is 5.60 Å². The molecule has 1 aliphatic rings. The van der Waals surface area contributed by atoms with Crippen LogP contribution >= 0.6 is 0 Å². The SMILES string of the molecule is CCC(=O)CC1COCCN1C(=O)OC(C)(C)C. The number of ketones is 1. The number of ether oxygens (including phenoxy) is 2. The van der Waals surface area contributed by atoms with Crippen LogP contribution in [0.4, 0.5) is 4.79 Å². The summed E-state index contributed by atoms with van der Waals surface area (Å²) in [6.07, 6.45) is 0.466. The predicted molar refractivity (Wildman–Crippen MR) is 67.5 cm³/mol. The Hall–Kier alpha value is -1.10. The largest absolute Gasteiger partial charge is 0.444 e. The topological polar surface area (TPSA) is 55.8 Å². The molecule has 0 aromatic rings. The molecule has 1 atom stereocenters. The van der Waals surface area contributed by atoms with Crippen molar-refractivity contribution >= 4 is 11.9 Å². The fraction of sp³-hybridized carbons (Fsp3) is 0.846. The summed E-state index contributed by atoms with van der Waals surface area (Å²) in [5, 5.41) is 0. The molecule has 1 unspecified atom stereocenters. The van der Waals surface area contributed by atoms with Crippen molar-refractivity contribution in [3.05, 3.63) is 0 Å². The third kappa shape index (κ3) is 4.64. The van der Waals surface area contributed by atoms with Crippen LogP contribution in [0.3, 0.4) is 0 Å². The van der Waals surface area contributed by atoms with Crippen molar-refractivity contribution in [2.45, 2.75) is 52.2 Å². The lowest BCUT2D eigenvalue weighted by molar-refractivity contribution is -0.121. The molecule has 1 heterocycles. The van der Waals surface area contributed by atoms with Crippen molar-refractivity contribution in [1.82, 2.24) is 4.90 Å². The fourth-order valence-electron chi connectivity index (χ4n) is 1.79. The molecule has 0 bridgehead atoms. The number of nitrogens with zero attached hydrogens (tertiary/aromatic N) is 1. The van der Waals surface area contributed by atoms with Crippen LogP contribution in [0, 0.1) is 0 Å². The second kappa shape index (κ2) is 6.18. The summed E-state index contributed by atoms with van der Waals surface area (Å²) in [6.45, 7) is 8.70. The monoisotopic (exact) mass is 257 g/mol. The van der Waals surface area contributed by atoms with Gasteiger partial charge in [-0.25, -0.2) is 4.79 Å². The smallest absolute Gasteiger partial charge is 0.410 e. The fourth-order valence-corrected chi connectivity index (χ4v) is 1.79. The minimum atomic E-state index is -0.519. The van der Waals surface area contributed by atoms with Gasteiger partial charge in [-0.3, -0.25) is 4.79 Å². The molecule has 0 aliphatic carbocycles. The van der Waals surface area contributed by atoms with Crippen LogP contribution in [-0.2, 0) is 14.3 Å². The quantitative estimate of drug-likeness (QED) is 0.776. The first-order chi connectivity index (χ1) is 8.33. The van der Waals surface area contributed by atoms with Crippen molar-refractivity contribution in [3.63, 3.8) is 0 Å². The Morgan fingerprint density at radius 1 is 1.39 bits per heavy atom. The van der Waals surface area contributed by atoms with Gasteiger partial charge < -0.3 is 14.4 Å². The number of amides is 1. The van der Waals surface area contributed by atoms with Crippen molar-refractivity contribution in [1.29, 1.82) is 0 Å². The molecule has 18 heavy (non-hydrogen) atoms. The van der Waals surface area contributed by atoms with Crippen LogP contribution in [0.15, 0.2) is 0 Å². The molecule has 1 aliphatic heterocycles. The zero-order chi connectivity index (χ0) is 13.8. The number of morpholine rings is 1. The van der Waals surface area contributed by atoms with E-state index in [2.05, 4.69) is 0 Å². The van der Waals surface area contributed by atoms with E-state index in [1.54, 1.807) is 4.90 Å². The standard InChI is InChI=1S/C13H23NO4/c1-5-11(15)8-10-9-17-7-6-14(10)12(16)18-13(2,3)4/h10H,5-9H2,1-4H3. The predicted octanol–water partition coefficient (Wildman–Crippen LogP) is 1.99. The maximum absolute atomic E-state index is 12.0. The summed E-state index contributed by atoms with van der Waals surface area (Å²) in [4.78, 5) is 25.1. The minimum absolute atomic E-state index is 0.138. The van der Waals surface area contributed by atoms with Gasteiger partial charge in [0.25, 0.3) is 0 Å². The molecule has 0 spiro atoms. The van der Waals surface area contributed by atoms with E-state index in [1.807, 2.05) is 27.7 Å². The summed E-state index contributed by atoms with van der Waals surface area (Å²) in [5.41, 5.74) is -0.519. The van der Waals surface area contributed by atoms with Crippen LogP contribution in [0.5, 0.6) is 0 Å². The lowest BCUT2D eigenvalue weighted by Crippen LogP contribution is -2.51. The molecule has 0 saturated carbocycles. The van der Waals surface area contributed by atoms with Gasteiger partial charge in [0.1, 0.15) is 11.4 Å². The van der Waals surface area contributed by atoms with Gasteiger partial charge in [-0.05, 0) is 20.8 Å². The molecule has 1 amide bonds. The molecular weight excluding hydrogens is 234 g/mol. The molecule has 1 fully saturated rings. The van der Waals surface area contributed by atoms with Gasteiger partial charge >= 0.3 is 6.09 Å². The molecule has 5 nitrogen and oxygen atoms in total. The molecule has 0 aromatic carbocycles. The van der Waals surface area contributed by atoms with E-state index in [0.29, 0.717) is 32.6 Å². The maximum Gasteiger partial charge on any atom is 0.410 e. The van der Waals surface area contributed by atoms with Gasteiger partial charge in [0.05, 0.1) is 19.3 Å². The molecule has 1 rings (SSSR count). The summed E-state index contributed by atoms with van der Waals surface area (Å²) < 4.78 is 10.7. The minimum Gasteiger partial charge on any atom is -0.444 e. The number of carbonyl (C=O) groups excluding carboxylic acids is 2. The molecule has 0 radical (unpaired) electrons. The molecule has 0 N–H and O–H groups in total.